The zero-order chi connectivity index (χ0) is 81.9. The van der Waals surface area contributed by atoms with Gasteiger partial charge in [0, 0.05) is 179 Å². The molecule has 0 aliphatic carbocycles. The molecule has 9 amide bonds. The summed E-state index contributed by atoms with van der Waals surface area (Å²) in [7, 11) is 8.59. The van der Waals surface area contributed by atoms with Crippen LogP contribution in [0, 0.1) is 61.2 Å². The summed E-state index contributed by atoms with van der Waals surface area (Å²) in [5.41, 5.74) is 2.11. The zero-order valence-electron chi connectivity index (χ0n) is 61.8. The average molecular weight is 1560 g/mol. The van der Waals surface area contributed by atoms with Crippen molar-refractivity contribution < 1.29 is 105 Å². The Kier molecular flexibility index (Phi) is 30.6. The van der Waals surface area contributed by atoms with Crippen LogP contribution in [0.5, 0.6) is 17.2 Å². The number of non-ortho nitro benzene ring substituents is 4. The van der Waals surface area contributed by atoms with Gasteiger partial charge in [0.1, 0.15) is 56.9 Å². The Labute approximate surface area is 637 Å². The van der Waals surface area contributed by atoms with Crippen molar-refractivity contribution >= 4 is 100 Å². The quantitative estimate of drug-likeness (QED) is 0.0148. The lowest BCUT2D eigenvalue weighted by Gasteiger charge is -2.24. The molecule has 40 nitrogen and oxygen atoms in total. The Morgan fingerprint density at radius 1 is 0.312 bits per heavy atom. The summed E-state index contributed by atoms with van der Waals surface area (Å²) in [5, 5.41) is 57.4. The van der Waals surface area contributed by atoms with E-state index in [2.05, 4.69) is 26.6 Å². The van der Waals surface area contributed by atoms with Crippen LogP contribution in [0.15, 0.2) is 133 Å². The monoisotopic (exact) mass is 1550 g/mol. The number of ether oxygens (including phenoxy) is 9. The molecule has 0 heterocycles. The van der Waals surface area contributed by atoms with Crippen molar-refractivity contribution in [3.8, 4) is 17.2 Å². The number of hydrogen-bond donors (Lipinski definition) is 5. The van der Waals surface area contributed by atoms with E-state index >= 15 is 0 Å². The third kappa shape index (κ3) is 25.9. The zero-order valence-corrected chi connectivity index (χ0v) is 61.8. The SMILES string of the molecule is CNCCN(C)C(=O)Oc1c(COC(=O)N(C)CCN(C)C(=O)Oc2c(COC(=O)Nc3ccc([N+](=O)[O-])cc3)cc(C)cc2COC(=O)Nc2ccc([N+](=O)[O-])cc2)cc(C)cc1COC(=O)N(C)CCN(C)C(=O)Oc1c(COC(=O)Nc2ccc([N+](=O)[O-])cc2)cc(C)cc1COC(=O)Nc1ccc([N+](=O)[O-])cc1. The van der Waals surface area contributed by atoms with Crippen molar-refractivity contribution in [3.05, 3.63) is 224 Å². The van der Waals surface area contributed by atoms with Gasteiger partial charge in [-0.05, 0) is 113 Å². The molecule has 0 saturated carbocycles. The molecule has 40 heteroatoms. The second-order valence-corrected chi connectivity index (χ2v) is 24.7. The first-order valence-corrected chi connectivity index (χ1v) is 33.5. The number of nitro groups is 4. The van der Waals surface area contributed by atoms with Gasteiger partial charge < -0.3 is 72.4 Å². The number of anilines is 4. The molecule has 112 heavy (non-hydrogen) atoms. The number of nitrogens with zero attached hydrogens (tertiary/aromatic N) is 9. The molecule has 0 aromatic heterocycles. The lowest BCUT2D eigenvalue weighted by molar-refractivity contribution is -0.385. The van der Waals surface area contributed by atoms with Crippen LogP contribution in [-0.4, -0.2) is 181 Å². The van der Waals surface area contributed by atoms with E-state index in [0.717, 1.165) is 19.6 Å². The van der Waals surface area contributed by atoms with Crippen molar-refractivity contribution in [2.75, 3.05) is 103 Å². The maximum absolute atomic E-state index is 14.0. The Bertz CT molecular complexity index is 4160. The minimum atomic E-state index is -1.00. The standard InChI is InChI=1S/C72H78N14O26/c1-44-32-47(38-104-64(87)74-53-10-18-57(19-11-53)83(96)97)61(48(33-44)39-105-65(88)75-54-12-20-58(21-13-54)84(98)99)111-71(94)81(8)30-28-79(6)68(91)108-42-51-36-46(3)37-52(63(51)110-70(93)78(5)27-26-73-4)43-109-69(92)80(7)29-31-82(9)72(95)112-62-49(40-106-66(89)76-55-14-22-59(23-15-55)85(100)101)34-45(2)35-50(62)41-107-67(90)77-56-16-24-60(25-17-56)86(102)103/h10-25,32-37,73H,26-31,38-43H2,1-9H3,(H,74,87)(H,75,88)(H,76,89)(H,77,90). The Hall–Kier alpha value is -14.5. The topological polar surface area (TPSA) is 486 Å². The Balaban J connectivity index is 0.993. The van der Waals surface area contributed by atoms with Crippen LogP contribution in [0.3, 0.4) is 0 Å². The molecule has 0 bridgehead atoms. The molecule has 7 aromatic rings. The molecule has 0 radical (unpaired) electrons. The van der Waals surface area contributed by atoms with Crippen molar-refractivity contribution in [1.29, 1.82) is 0 Å². The highest BCUT2D eigenvalue weighted by molar-refractivity contribution is 5.87. The van der Waals surface area contributed by atoms with Crippen LogP contribution >= 0.6 is 0 Å². The van der Waals surface area contributed by atoms with E-state index in [1.54, 1.807) is 40.0 Å². The predicted octanol–water partition coefficient (Wildman–Crippen LogP) is 12.3. The number of hydrogen-bond acceptors (Lipinski definition) is 27. The van der Waals surface area contributed by atoms with Crippen LogP contribution in [-0.2, 0) is 68.1 Å². The van der Waals surface area contributed by atoms with Gasteiger partial charge in [0.2, 0.25) is 0 Å². The van der Waals surface area contributed by atoms with Gasteiger partial charge in [0.15, 0.2) is 0 Å². The first kappa shape index (κ1) is 84.8. The second-order valence-electron chi connectivity index (χ2n) is 24.7. The molecule has 5 N–H and O–H groups in total. The fraction of sp³-hybridized carbons (Fsp3) is 0.292. The minimum absolute atomic E-state index is 0.117. The summed E-state index contributed by atoms with van der Waals surface area (Å²) in [6, 6.07) is 28.8. The van der Waals surface area contributed by atoms with Crippen LogP contribution in [0.1, 0.15) is 50.1 Å². The Morgan fingerprint density at radius 3 is 0.714 bits per heavy atom. The van der Waals surface area contributed by atoms with Crippen LogP contribution in [0.4, 0.5) is 88.6 Å². The molecular weight excluding hydrogens is 1480 g/mol. The van der Waals surface area contributed by atoms with E-state index in [4.69, 9.17) is 42.6 Å². The highest BCUT2D eigenvalue weighted by Crippen LogP contribution is 2.33. The molecule has 0 saturated heterocycles. The van der Waals surface area contributed by atoms with Gasteiger partial charge in [0.25, 0.3) is 22.7 Å². The highest BCUT2D eigenvalue weighted by atomic mass is 16.6. The van der Waals surface area contributed by atoms with Crippen molar-refractivity contribution in [1.82, 2.24) is 29.8 Å². The van der Waals surface area contributed by atoms with Gasteiger partial charge in [-0.25, -0.2) is 43.2 Å². The number of carbonyl (C=O) groups excluding carboxylic acids is 9. The normalized spacial score (nSPS) is 10.5. The average Bonchev–Trinajstić information content (AvgIpc) is 0.824. The number of likely N-dealkylation sites (N-methyl/N-ethyl adjacent to an activating group) is 6. The molecule has 0 fully saturated rings. The van der Waals surface area contributed by atoms with Crippen molar-refractivity contribution in [2.24, 2.45) is 0 Å². The first-order valence-electron chi connectivity index (χ1n) is 33.5. The second kappa shape index (κ2) is 40.5. The number of benzene rings is 7. The van der Waals surface area contributed by atoms with Crippen molar-refractivity contribution in [3.63, 3.8) is 0 Å². The molecule has 0 spiro atoms. The first-order chi connectivity index (χ1) is 53.2. The van der Waals surface area contributed by atoms with Crippen molar-refractivity contribution in [2.45, 2.75) is 60.4 Å². The van der Waals surface area contributed by atoms with E-state index in [9.17, 15) is 83.6 Å². The Morgan fingerprint density at radius 2 is 0.509 bits per heavy atom. The number of nitrogens with one attached hydrogen (secondary N) is 5. The summed E-state index contributed by atoms with van der Waals surface area (Å²) in [6.45, 7) is 1.67. The lowest BCUT2D eigenvalue weighted by atomic mass is 10.1. The maximum atomic E-state index is 14.0. The van der Waals surface area contributed by atoms with E-state index in [1.165, 1.54) is 161 Å². The van der Waals surface area contributed by atoms with Gasteiger partial charge in [0.05, 0.1) is 19.7 Å². The summed E-state index contributed by atoms with van der Waals surface area (Å²) in [4.78, 5) is 169. The van der Waals surface area contributed by atoms with Crippen LogP contribution in [0.25, 0.3) is 0 Å². The highest BCUT2D eigenvalue weighted by Gasteiger charge is 2.27. The summed E-state index contributed by atoms with van der Waals surface area (Å²) in [6.07, 6.45) is -8.67. The third-order valence-electron chi connectivity index (χ3n) is 16.0. The predicted molar refractivity (Wildman–Crippen MR) is 397 cm³/mol. The third-order valence-corrected chi connectivity index (χ3v) is 16.0. The molecule has 0 unspecified atom stereocenters. The summed E-state index contributed by atoms with van der Waals surface area (Å²) < 4.78 is 51.0. The molecule has 0 atom stereocenters. The van der Waals surface area contributed by atoms with Crippen LogP contribution < -0.4 is 40.8 Å². The fourth-order valence-corrected chi connectivity index (χ4v) is 10.0. The molecule has 7 aromatic carbocycles. The number of nitro benzene ring substituents is 4. The van der Waals surface area contributed by atoms with E-state index in [0.29, 0.717) is 23.2 Å². The summed E-state index contributed by atoms with van der Waals surface area (Å²) in [5.74, 6) is -0.506. The molecule has 7 rings (SSSR count). The summed E-state index contributed by atoms with van der Waals surface area (Å²) >= 11 is 0. The maximum Gasteiger partial charge on any atom is 0.415 e. The molecule has 0 aliphatic rings. The van der Waals surface area contributed by atoms with E-state index in [1.807, 2.05) is 0 Å². The van der Waals surface area contributed by atoms with Gasteiger partial charge in [-0.1, -0.05) is 16.7 Å². The van der Waals surface area contributed by atoms with Gasteiger partial charge >= 0.3 is 54.8 Å². The van der Waals surface area contributed by atoms with E-state index < -0.39 is 114 Å². The number of amides is 9. The van der Waals surface area contributed by atoms with Gasteiger partial charge in [-0.15, -0.1) is 0 Å². The minimum Gasteiger partial charge on any atom is -0.444 e. The van der Waals surface area contributed by atoms with E-state index in [-0.39, 0.29) is 129 Å². The molecule has 592 valence electrons. The molecule has 0 aliphatic heterocycles. The number of aryl methyl sites for hydroxylation is 3. The van der Waals surface area contributed by atoms with Crippen LogP contribution in [0.2, 0.25) is 0 Å². The smallest absolute Gasteiger partial charge is 0.415 e. The number of rotatable bonds is 32. The van der Waals surface area contributed by atoms with Gasteiger partial charge in [-0.3, -0.25) is 61.7 Å². The number of carbonyl (C=O) groups is 9. The lowest BCUT2D eigenvalue weighted by Crippen LogP contribution is -2.39. The largest absolute Gasteiger partial charge is 0.444 e. The fourth-order valence-electron chi connectivity index (χ4n) is 10.0. The molecular formula is C72H78N14O26. The van der Waals surface area contributed by atoms with Gasteiger partial charge in [-0.2, -0.15) is 0 Å².